The second kappa shape index (κ2) is 66.9. The maximum Gasteiger partial charge on any atom is 0.472 e. The predicted molar refractivity (Wildman–Crippen MR) is 381 cm³/mol. The summed E-state index contributed by atoms with van der Waals surface area (Å²) in [7, 11) is -9.91. The van der Waals surface area contributed by atoms with Crippen LogP contribution in [0.1, 0.15) is 388 Å². The van der Waals surface area contributed by atoms with Gasteiger partial charge in [0.25, 0.3) is 0 Å². The molecular weight excluding hydrogens is 1230 g/mol. The van der Waals surface area contributed by atoms with Crippen LogP contribution in [0.3, 0.4) is 0 Å². The van der Waals surface area contributed by atoms with Gasteiger partial charge in [0.15, 0.2) is 12.2 Å². The Balaban J connectivity index is 5.24. The Morgan fingerprint density at radius 2 is 0.489 bits per heavy atom. The van der Waals surface area contributed by atoms with Crippen LogP contribution in [-0.4, -0.2) is 96.7 Å². The first-order valence-corrected chi connectivity index (χ1v) is 42.0. The average molecular weight is 1380 g/mol. The van der Waals surface area contributed by atoms with E-state index in [-0.39, 0.29) is 25.7 Å². The van der Waals surface area contributed by atoms with Crippen molar-refractivity contribution in [1.82, 2.24) is 0 Å². The van der Waals surface area contributed by atoms with Crippen molar-refractivity contribution in [2.45, 2.75) is 407 Å². The zero-order valence-electron chi connectivity index (χ0n) is 61.3. The van der Waals surface area contributed by atoms with Crippen LogP contribution >= 0.6 is 15.6 Å². The predicted octanol–water partition coefficient (Wildman–Crippen LogP) is 21.9. The summed E-state index contributed by atoms with van der Waals surface area (Å²) in [6.07, 6.45) is 54.0. The Morgan fingerprint density at radius 1 is 0.287 bits per heavy atom. The summed E-state index contributed by atoms with van der Waals surface area (Å²) >= 11 is 0. The Bertz CT molecular complexity index is 1820. The smallest absolute Gasteiger partial charge is 0.462 e. The molecule has 0 saturated carbocycles. The monoisotopic (exact) mass is 1380 g/mol. The number of phosphoric acid groups is 2. The van der Waals surface area contributed by atoms with Crippen molar-refractivity contribution in [1.29, 1.82) is 0 Å². The van der Waals surface area contributed by atoms with Crippen molar-refractivity contribution in [2.75, 3.05) is 39.6 Å². The molecule has 0 rings (SSSR count). The van der Waals surface area contributed by atoms with E-state index >= 15 is 0 Å². The van der Waals surface area contributed by atoms with Crippen LogP contribution in [0, 0.1) is 11.8 Å². The van der Waals surface area contributed by atoms with Gasteiger partial charge in [-0.3, -0.25) is 37.3 Å². The SMILES string of the molecule is CCCCCCCCCCCCCCCCCC(=O)O[C@H](COC(=O)CCCCCCCCCCC)COP(=O)(O)OC[C@H](O)COP(=O)(O)OC[C@@H](COC(=O)CCCCCCCCCCCCCCC(C)C)OC(=O)CCCCCCCCCCCCCCC(C)C. The summed E-state index contributed by atoms with van der Waals surface area (Å²) in [5.74, 6) is -0.557. The average Bonchev–Trinajstić information content (AvgIpc) is 1.46. The molecule has 558 valence electrons. The molecule has 94 heavy (non-hydrogen) atoms. The second-order valence-electron chi connectivity index (χ2n) is 28.0. The largest absolute Gasteiger partial charge is 0.472 e. The molecule has 0 aromatic heterocycles. The third-order valence-electron chi connectivity index (χ3n) is 17.5. The molecule has 3 N–H and O–H groups in total. The third kappa shape index (κ3) is 68.6. The zero-order chi connectivity index (χ0) is 69.3. The molecule has 0 fully saturated rings. The molecule has 0 amide bonds. The van der Waals surface area contributed by atoms with Crippen LogP contribution in [0.4, 0.5) is 0 Å². The van der Waals surface area contributed by atoms with E-state index in [2.05, 4.69) is 41.5 Å². The van der Waals surface area contributed by atoms with E-state index < -0.39 is 97.5 Å². The van der Waals surface area contributed by atoms with Crippen LogP contribution in [0.5, 0.6) is 0 Å². The van der Waals surface area contributed by atoms with Gasteiger partial charge >= 0.3 is 39.5 Å². The van der Waals surface area contributed by atoms with Crippen molar-refractivity contribution >= 4 is 39.5 Å². The fourth-order valence-electron chi connectivity index (χ4n) is 11.5. The minimum absolute atomic E-state index is 0.107. The van der Waals surface area contributed by atoms with Crippen molar-refractivity contribution in [3.8, 4) is 0 Å². The lowest BCUT2D eigenvalue weighted by Crippen LogP contribution is -2.30. The molecular formula is C75H146O17P2. The lowest BCUT2D eigenvalue weighted by molar-refractivity contribution is -0.161. The Labute approximate surface area is 575 Å². The van der Waals surface area contributed by atoms with Gasteiger partial charge < -0.3 is 33.8 Å². The molecule has 5 atom stereocenters. The second-order valence-corrected chi connectivity index (χ2v) is 30.9. The number of ether oxygens (including phenoxy) is 4. The highest BCUT2D eigenvalue weighted by atomic mass is 31.2. The molecule has 2 unspecified atom stereocenters. The van der Waals surface area contributed by atoms with E-state index in [1.54, 1.807) is 0 Å². The summed E-state index contributed by atoms with van der Waals surface area (Å²) in [4.78, 5) is 72.7. The zero-order valence-corrected chi connectivity index (χ0v) is 63.1. The third-order valence-corrected chi connectivity index (χ3v) is 19.4. The number of hydrogen-bond donors (Lipinski definition) is 3. The Kier molecular flexibility index (Phi) is 65.5. The van der Waals surface area contributed by atoms with Gasteiger partial charge in [0.2, 0.25) is 0 Å². The van der Waals surface area contributed by atoms with Gasteiger partial charge in [-0.25, -0.2) is 9.13 Å². The number of phosphoric ester groups is 2. The molecule has 19 heteroatoms. The molecule has 0 saturated heterocycles. The molecule has 0 radical (unpaired) electrons. The van der Waals surface area contributed by atoms with Crippen molar-refractivity contribution < 1.29 is 80.2 Å². The maximum atomic E-state index is 13.1. The Morgan fingerprint density at radius 3 is 0.723 bits per heavy atom. The first-order valence-electron chi connectivity index (χ1n) is 39.0. The summed E-state index contributed by atoms with van der Waals surface area (Å²) in [6.45, 7) is 9.60. The Hall–Kier alpha value is -1.94. The quantitative estimate of drug-likeness (QED) is 0.0222. The summed E-state index contributed by atoms with van der Waals surface area (Å²) in [5, 5.41) is 10.6. The van der Waals surface area contributed by atoms with Gasteiger partial charge in [-0.1, -0.05) is 337 Å². The molecule has 0 spiro atoms. The number of hydrogen-bond acceptors (Lipinski definition) is 15. The number of esters is 4. The van der Waals surface area contributed by atoms with Crippen molar-refractivity contribution in [3.05, 3.63) is 0 Å². The van der Waals surface area contributed by atoms with E-state index in [0.717, 1.165) is 102 Å². The van der Waals surface area contributed by atoms with Crippen LogP contribution in [0.25, 0.3) is 0 Å². The summed E-state index contributed by atoms with van der Waals surface area (Å²) in [6, 6.07) is 0. The fourth-order valence-corrected chi connectivity index (χ4v) is 13.1. The highest BCUT2D eigenvalue weighted by molar-refractivity contribution is 7.47. The van der Waals surface area contributed by atoms with Gasteiger partial charge in [0, 0.05) is 25.7 Å². The lowest BCUT2D eigenvalue weighted by Gasteiger charge is -2.21. The summed E-state index contributed by atoms with van der Waals surface area (Å²) < 4.78 is 68.5. The van der Waals surface area contributed by atoms with Gasteiger partial charge in [-0.15, -0.1) is 0 Å². The van der Waals surface area contributed by atoms with Gasteiger partial charge in [-0.05, 0) is 37.5 Å². The minimum Gasteiger partial charge on any atom is -0.462 e. The number of aliphatic hydroxyl groups excluding tert-OH is 1. The highest BCUT2D eigenvalue weighted by Crippen LogP contribution is 2.45. The molecule has 0 aromatic rings. The number of unbranched alkanes of at least 4 members (excludes halogenated alkanes) is 44. The molecule has 0 aliphatic carbocycles. The molecule has 0 heterocycles. The lowest BCUT2D eigenvalue weighted by atomic mass is 10.0. The van der Waals surface area contributed by atoms with E-state index in [0.29, 0.717) is 25.7 Å². The molecule has 0 aromatic carbocycles. The van der Waals surface area contributed by atoms with Crippen LogP contribution in [0.15, 0.2) is 0 Å². The standard InChI is InChI=1S/C75H146O17P2/c1-7-9-11-13-15-17-18-19-20-21-29-35-41-47-53-59-74(79)91-70(63-85-72(77)57-51-45-39-31-16-14-12-10-8-2)65-89-93(81,82)87-61-69(76)62-88-94(83,84)90-66-71(92-75(80)60-54-48-42-36-30-25-23-27-33-38-44-50-56-68(5)6)64-86-73(78)58-52-46-40-34-28-24-22-26-32-37-43-49-55-67(3)4/h67-71,76H,7-66H2,1-6H3,(H,81,82)(H,83,84)/t69-,70+,71+/m0/s1. The number of rotatable bonds is 74. The highest BCUT2D eigenvalue weighted by Gasteiger charge is 2.30. The molecule has 0 aliphatic rings. The van der Waals surface area contributed by atoms with E-state index in [1.165, 1.54) is 205 Å². The van der Waals surface area contributed by atoms with Crippen LogP contribution in [-0.2, 0) is 65.4 Å². The molecule has 0 aliphatic heterocycles. The van der Waals surface area contributed by atoms with Crippen LogP contribution < -0.4 is 0 Å². The number of carbonyl (C=O) groups excluding carboxylic acids is 4. The normalized spacial score (nSPS) is 14.0. The molecule has 0 bridgehead atoms. The number of aliphatic hydroxyl groups is 1. The van der Waals surface area contributed by atoms with Gasteiger partial charge in [0.05, 0.1) is 26.4 Å². The fraction of sp³-hybridized carbons (Fsp3) is 0.947. The number of carbonyl (C=O) groups is 4. The molecule has 17 nitrogen and oxygen atoms in total. The van der Waals surface area contributed by atoms with E-state index in [9.17, 15) is 43.2 Å². The topological polar surface area (TPSA) is 237 Å². The first kappa shape index (κ1) is 92.1. The van der Waals surface area contributed by atoms with E-state index in [4.69, 9.17) is 37.0 Å². The summed E-state index contributed by atoms with van der Waals surface area (Å²) in [5.41, 5.74) is 0. The van der Waals surface area contributed by atoms with Crippen molar-refractivity contribution in [2.24, 2.45) is 11.8 Å². The minimum atomic E-state index is -4.96. The maximum absolute atomic E-state index is 13.1. The van der Waals surface area contributed by atoms with Gasteiger partial charge in [-0.2, -0.15) is 0 Å². The van der Waals surface area contributed by atoms with Crippen molar-refractivity contribution in [3.63, 3.8) is 0 Å². The van der Waals surface area contributed by atoms with E-state index in [1.807, 2.05) is 0 Å². The first-order chi connectivity index (χ1) is 45.4. The van der Waals surface area contributed by atoms with Gasteiger partial charge in [0.1, 0.15) is 19.3 Å². The van der Waals surface area contributed by atoms with Crippen LogP contribution in [0.2, 0.25) is 0 Å².